The molecule has 0 aliphatic carbocycles. The molecule has 0 saturated heterocycles. The molecule has 0 saturated carbocycles. The Morgan fingerprint density at radius 3 is 2.88 bits per heavy atom. The van der Waals surface area contributed by atoms with E-state index in [1.165, 1.54) is 11.3 Å². The number of nitrogens with zero attached hydrogens (tertiary/aromatic N) is 2. The van der Waals surface area contributed by atoms with Gasteiger partial charge in [0.15, 0.2) is 0 Å². The second-order valence-electron chi connectivity index (χ2n) is 3.92. The summed E-state index contributed by atoms with van der Waals surface area (Å²) in [4.78, 5) is 17.8. The first-order valence-electron chi connectivity index (χ1n) is 5.14. The van der Waals surface area contributed by atoms with Crippen LogP contribution in [0.25, 0.3) is 0 Å². The van der Waals surface area contributed by atoms with Gasteiger partial charge in [-0.15, -0.1) is 11.3 Å². The fourth-order valence-corrected chi connectivity index (χ4v) is 1.84. The quantitative estimate of drug-likeness (QED) is 0.786. The van der Waals surface area contributed by atoms with Gasteiger partial charge in [-0.1, -0.05) is 0 Å². The second kappa shape index (κ2) is 5.93. The van der Waals surface area contributed by atoms with Crippen LogP contribution in [0.4, 0.5) is 0 Å². The average Bonchev–Trinajstić information content (AvgIpc) is 2.65. The summed E-state index contributed by atoms with van der Waals surface area (Å²) in [7, 11) is 3.92. The Morgan fingerprint density at radius 1 is 1.69 bits per heavy atom. The van der Waals surface area contributed by atoms with Crippen LogP contribution in [-0.4, -0.2) is 43.0 Å². The molecular weight excluding hydrogens is 224 g/mol. The van der Waals surface area contributed by atoms with Crippen molar-refractivity contribution in [2.45, 2.75) is 13.0 Å². The minimum Gasteiger partial charge on any atom is -0.349 e. The van der Waals surface area contributed by atoms with E-state index < -0.39 is 0 Å². The van der Waals surface area contributed by atoms with Gasteiger partial charge >= 0.3 is 0 Å². The molecule has 3 N–H and O–H groups in total. The molecule has 1 heterocycles. The van der Waals surface area contributed by atoms with Crippen molar-refractivity contribution in [2.24, 2.45) is 5.73 Å². The lowest BCUT2D eigenvalue weighted by Crippen LogP contribution is -2.31. The highest BCUT2D eigenvalue weighted by molar-refractivity contribution is 7.09. The van der Waals surface area contributed by atoms with Crippen LogP contribution in [0.15, 0.2) is 5.38 Å². The van der Waals surface area contributed by atoms with Gasteiger partial charge in [0, 0.05) is 18.5 Å². The van der Waals surface area contributed by atoms with E-state index in [0.717, 1.165) is 11.6 Å². The van der Waals surface area contributed by atoms with E-state index in [0.29, 0.717) is 12.2 Å². The Bertz CT molecular complexity index is 348. The number of amides is 1. The SMILES string of the molecule is CC(N)c1nc(C(=O)NCCN(C)C)cs1. The highest BCUT2D eigenvalue weighted by Crippen LogP contribution is 2.15. The number of aromatic nitrogens is 1. The third-order valence-corrected chi connectivity index (χ3v) is 3.03. The van der Waals surface area contributed by atoms with E-state index in [4.69, 9.17) is 5.73 Å². The van der Waals surface area contributed by atoms with Crippen LogP contribution >= 0.6 is 11.3 Å². The predicted molar refractivity (Wildman–Crippen MR) is 65.6 cm³/mol. The van der Waals surface area contributed by atoms with Gasteiger partial charge in [0.2, 0.25) is 0 Å². The number of carbonyl (C=O) groups is 1. The standard InChI is InChI=1S/C10H18N4OS/c1-7(11)10-13-8(6-16-10)9(15)12-4-5-14(2)3/h6-7H,4-5,11H2,1-3H3,(H,12,15). The fraction of sp³-hybridized carbons (Fsp3) is 0.600. The zero-order chi connectivity index (χ0) is 12.1. The smallest absolute Gasteiger partial charge is 0.270 e. The van der Waals surface area contributed by atoms with Crippen LogP contribution in [0.2, 0.25) is 0 Å². The number of hydrogen-bond donors (Lipinski definition) is 2. The van der Waals surface area contributed by atoms with Gasteiger partial charge in [0.1, 0.15) is 10.7 Å². The van der Waals surface area contributed by atoms with Gasteiger partial charge in [0.25, 0.3) is 5.91 Å². The van der Waals surface area contributed by atoms with Crippen molar-refractivity contribution in [3.05, 3.63) is 16.1 Å². The first-order chi connectivity index (χ1) is 7.50. The highest BCUT2D eigenvalue weighted by atomic mass is 32.1. The third-order valence-electron chi connectivity index (χ3n) is 1.99. The van der Waals surface area contributed by atoms with Crippen molar-refractivity contribution in [2.75, 3.05) is 27.2 Å². The van der Waals surface area contributed by atoms with Gasteiger partial charge in [-0.2, -0.15) is 0 Å². The van der Waals surface area contributed by atoms with Crippen molar-refractivity contribution in [1.82, 2.24) is 15.2 Å². The summed E-state index contributed by atoms with van der Waals surface area (Å²) in [6.07, 6.45) is 0. The summed E-state index contributed by atoms with van der Waals surface area (Å²) in [6, 6.07) is -0.117. The Balaban J connectivity index is 2.46. The monoisotopic (exact) mass is 242 g/mol. The van der Waals surface area contributed by atoms with E-state index in [2.05, 4.69) is 10.3 Å². The zero-order valence-electron chi connectivity index (χ0n) is 9.86. The summed E-state index contributed by atoms with van der Waals surface area (Å²) in [5.74, 6) is -0.134. The molecule has 5 nitrogen and oxygen atoms in total. The number of nitrogens with one attached hydrogen (secondary N) is 1. The lowest BCUT2D eigenvalue weighted by Gasteiger charge is -2.09. The van der Waals surface area contributed by atoms with Crippen molar-refractivity contribution < 1.29 is 4.79 Å². The van der Waals surface area contributed by atoms with Crippen LogP contribution < -0.4 is 11.1 Å². The second-order valence-corrected chi connectivity index (χ2v) is 4.81. The van der Waals surface area contributed by atoms with Crippen molar-refractivity contribution >= 4 is 17.2 Å². The van der Waals surface area contributed by atoms with Crippen LogP contribution in [-0.2, 0) is 0 Å². The summed E-state index contributed by atoms with van der Waals surface area (Å²) < 4.78 is 0. The van der Waals surface area contributed by atoms with Crippen molar-refractivity contribution in [1.29, 1.82) is 0 Å². The molecule has 0 aliphatic heterocycles. The van der Waals surface area contributed by atoms with E-state index in [9.17, 15) is 4.79 Å². The number of thiazole rings is 1. The maximum atomic E-state index is 11.6. The maximum absolute atomic E-state index is 11.6. The summed E-state index contributed by atoms with van der Waals surface area (Å²) >= 11 is 1.42. The lowest BCUT2D eigenvalue weighted by molar-refractivity contribution is 0.0946. The molecule has 1 rings (SSSR count). The third kappa shape index (κ3) is 3.88. The van der Waals surface area contributed by atoms with Gasteiger partial charge in [0.05, 0.1) is 6.04 Å². The molecule has 0 aliphatic rings. The number of rotatable bonds is 5. The first-order valence-corrected chi connectivity index (χ1v) is 6.02. The van der Waals surface area contributed by atoms with Gasteiger partial charge < -0.3 is 16.0 Å². The molecule has 0 radical (unpaired) electrons. The maximum Gasteiger partial charge on any atom is 0.270 e. The molecule has 1 aromatic rings. The Hall–Kier alpha value is -0.980. The molecule has 0 spiro atoms. The normalized spacial score (nSPS) is 12.8. The number of likely N-dealkylation sites (N-methyl/N-ethyl adjacent to an activating group) is 1. The molecule has 0 fully saturated rings. The van der Waals surface area contributed by atoms with E-state index >= 15 is 0 Å². The molecule has 90 valence electrons. The minimum absolute atomic E-state index is 0.117. The van der Waals surface area contributed by atoms with Crippen LogP contribution in [0.5, 0.6) is 0 Å². The first kappa shape index (κ1) is 13.1. The minimum atomic E-state index is -0.134. The van der Waals surface area contributed by atoms with Crippen LogP contribution in [0, 0.1) is 0 Å². The average molecular weight is 242 g/mol. The molecule has 6 heteroatoms. The number of carbonyl (C=O) groups excluding carboxylic acids is 1. The zero-order valence-corrected chi connectivity index (χ0v) is 10.7. The Morgan fingerprint density at radius 2 is 2.38 bits per heavy atom. The van der Waals surface area contributed by atoms with E-state index in [-0.39, 0.29) is 11.9 Å². The van der Waals surface area contributed by atoms with Gasteiger partial charge in [-0.05, 0) is 21.0 Å². The summed E-state index contributed by atoms with van der Waals surface area (Å²) in [5, 5.41) is 5.33. The molecular formula is C10H18N4OS. The molecule has 1 amide bonds. The van der Waals surface area contributed by atoms with Gasteiger partial charge in [-0.3, -0.25) is 4.79 Å². The lowest BCUT2D eigenvalue weighted by atomic mass is 10.4. The fourth-order valence-electron chi connectivity index (χ4n) is 1.08. The number of nitrogens with two attached hydrogens (primary N) is 1. The van der Waals surface area contributed by atoms with E-state index in [1.807, 2.05) is 25.9 Å². The van der Waals surface area contributed by atoms with Crippen molar-refractivity contribution in [3.63, 3.8) is 0 Å². The summed E-state index contributed by atoms with van der Waals surface area (Å²) in [5.41, 5.74) is 6.13. The molecule has 0 aromatic carbocycles. The van der Waals surface area contributed by atoms with Crippen LogP contribution in [0.1, 0.15) is 28.5 Å². The molecule has 1 aromatic heterocycles. The molecule has 1 atom stereocenters. The van der Waals surface area contributed by atoms with Crippen molar-refractivity contribution in [3.8, 4) is 0 Å². The molecule has 1 unspecified atom stereocenters. The largest absolute Gasteiger partial charge is 0.349 e. The van der Waals surface area contributed by atoms with Gasteiger partial charge in [-0.25, -0.2) is 4.98 Å². The Kier molecular flexibility index (Phi) is 4.85. The highest BCUT2D eigenvalue weighted by Gasteiger charge is 2.11. The van der Waals surface area contributed by atoms with E-state index in [1.54, 1.807) is 5.38 Å². The number of hydrogen-bond acceptors (Lipinski definition) is 5. The topological polar surface area (TPSA) is 71.2 Å². The van der Waals surface area contributed by atoms with Crippen LogP contribution in [0.3, 0.4) is 0 Å². The molecule has 16 heavy (non-hydrogen) atoms. The Labute approximate surface area is 99.7 Å². The summed E-state index contributed by atoms with van der Waals surface area (Å²) in [6.45, 7) is 3.29. The molecule has 0 bridgehead atoms. The predicted octanol–water partition coefficient (Wildman–Crippen LogP) is 0.454.